The maximum atomic E-state index is 13.1. The molecule has 0 bridgehead atoms. The van der Waals surface area contributed by atoms with Crippen LogP contribution in [0.4, 0.5) is 16.2 Å². The molecule has 1 aliphatic heterocycles. The Morgan fingerprint density at radius 2 is 1.62 bits per heavy atom. The Morgan fingerprint density at radius 3 is 2.30 bits per heavy atom. The Labute approximate surface area is 233 Å². The number of ether oxygens (including phenoxy) is 2. The molecule has 9 nitrogen and oxygen atoms in total. The van der Waals surface area contributed by atoms with E-state index < -0.39 is 0 Å². The molecular formula is C31H33N5O4. The van der Waals surface area contributed by atoms with Crippen LogP contribution >= 0.6 is 0 Å². The van der Waals surface area contributed by atoms with E-state index >= 15 is 0 Å². The van der Waals surface area contributed by atoms with Gasteiger partial charge in [-0.25, -0.2) is 9.78 Å². The van der Waals surface area contributed by atoms with E-state index in [0.717, 1.165) is 21.9 Å². The number of hydrogen-bond donors (Lipinski definition) is 2. The number of carbonyl (C=O) groups is 2. The molecule has 0 saturated carbocycles. The van der Waals surface area contributed by atoms with Crippen LogP contribution < -0.4 is 15.4 Å². The molecule has 0 aliphatic carbocycles. The Balaban J connectivity index is 1.38. The first-order valence-electron chi connectivity index (χ1n) is 13.2. The summed E-state index contributed by atoms with van der Waals surface area (Å²) in [4.78, 5) is 36.5. The number of fused-ring (bicyclic) bond motifs is 1. The van der Waals surface area contributed by atoms with Crippen molar-refractivity contribution in [2.24, 2.45) is 0 Å². The molecule has 0 unspecified atom stereocenters. The molecule has 1 aromatic heterocycles. The monoisotopic (exact) mass is 539 g/mol. The van der Waals surface area contributed by atoms with Gasteiger partial charge in [0.2, 0.25) is 0 Å². The standard InChI is InChI=1S/C31H33N5O4/c1-31(2,3)20-9-12-28(39-4)25(17-20)35-30(38)34-24-11-10-23(21-7-5-6-8-22(21)24)26-18-33-27(19-32-26)29(37)36-13-15-40-16-14-36/h5-12,17-19H,13-16H2,1-4H3,(H2,34,35,38). The number of benzene rings is 3. The van der Waals surface area contributed by atoms with Crippen molar-refractivity contribution in [3.05, 3.63) is 78.2 Å². The predicted molar refractivity (Wildman–Crippen MR) is 156 cm³/mol. The summed E-state index contributed by atoms with van der Waals surface area (Å²) < 4.78 is 10.8. The zero-order valence-corrected chi connectivity index (χ0v) is 23.2. The molecule has 0 radical (unpaired) electrons. The van der Waals surface area contributed by atoms with Crippen LogP contribution in [-0.2, 0) is 10.2 Å². The summed E-state index contributed by atoms with van der Waals surface area (Å²) in [5.41, 5.74) is 4.02. The maximum absolute atomic E-state index is 13.1. The van der Waals surface area contributed by atoms with Crippen LogP contribution in [0, 0.1) is 0 Å². The molecule has 2 heterocycles. The highest BCUT2D eigenvalue weighted by molar-refractivity contribution is 6.09. The summed E-state index contributed by atoms with van der Waals surface area (Å²) in [7, 11) is 1.58. The number of urea groups is 1. The van der Waals surface area contributed by atoms with Crippen molar-refractivity contribution in [3.8, 4) is 17.0 Å². The van der Waals surface area contributed by atoms with Crippen molar-refractivity contribution in [1.29, 1.82) is 0 Å². The van der Waals surface area contributed by atoms with Gasteiger partial charge in [0.1, 0.15) is 11.4 Å². The van der Waals surface area contributed by atoms with E-state index in [-0.39, 0.29) is 17.4 Å². The number of carbonyl (C=O) groups excluding carboxylic acids is 2. The van der Waals surface area contributed by atoms with Crippen LogP contribution in [0.5, 0.6) is 5.75 Å². The molecule has 40 heavy (non-hydrogen) atoms. The molecule has 0 atom stereocenters. The summed E-state index contributed by atoms with van der Waals surface area (Å²) in [6.45, 7) is 8.50. The second-order valence-corrected chi connectivity index (χ2v) is 10.6. The van der Waals surface area contributed by atoms with Crippen LogP contribution in [0.15, 0.2) is 67.0 Å². The maximum Gasteiger partial charge on any atom is 0.323 e. The Bertz CT molecular complexity index is 1540. The predicted octanol–water partition coefficient (Wildman–Crippen LogP) is 5.72. The lowest BCUT2D eigenvalue weighted by atomic mass is 9.87. The number of hydrogen-bond acceptors (Lipinski definition) is 6. The quantitative estimate of drug-likeness (QED) is 0.336. The average Bonchev–Trinajstić information content (AvgIpc) is 2.97. The molecule has 9 heteroatoms. The van der Waals surface area contributed by atoms with Crippen molar-refractivity contribution in [3.63, 3.8) is 0 Å². The summed E-state index contributed by atoms with van der Waals surface area (Å²) in [6.07, 6.45) is 3.13. The molecule has 5 rings (SSSR count). The number of nitrogens with zero attached hydrogens (tertiary/aromatic N) is 3. The highest BCUT2D eigenvalue weighted by Crippen LogP contribution is 2.34. The van der Waals surface area contributed by atoms with Crippen LogP contribution in [0.25, 0.3) is 22.0 Å². The molecule has 4 aromatic rings. The van der Waals surface area contributed by atoms with Crippen molar-refractivity contribution < 1.29 is 19.1 Å². The lowest BCUT2D eigenvalue weighted by Crippen LogP contribution is -2.41. The minimum Gasteiger partial charge on any atom is -0.495 e. The topological polar surface area (TPSA) is 106 Å². The SMILES string of the molecule is COc1ccc(C(C)(C)C)cc1NC(=O)Nc1ccc(-c2cnc(C(=O)N3CCOCC3)cn2)c2ccccc12. The Morgan fingerprint density at radius 1 is 0.900 bits per heavy atom. The van der Waals surface area contributed by atoms with Gasteiger partial charge < -0.3 is 25.0 Å². The zero-order valence-electron chi connectivity index (χ0n) is 23.2. The molecule has 0 spiro atoms. The third kappa shape index (κ3) is 5.74. The lowest BCUT2D eigenvalue weighted by Gasteiger charge is -2.26. The first kappa shape index (κ1) is 27.1. The minimum atomic E-state index is -0.381. The first-order chi connectivity index (χ1) is 19.2. The van der Waals surface area contributed by atoms with Gasteiger partial charge in [-0.3, -0.25) is 9.78 Å². The van der Waals surface area contributed by atoms with Gasteiger partial charge >= 0.3 is 6.03 Å². The van der Waals surface area contributed by atoms with Gasteiger partial charge in [0.15, 0.2) is 0 Å². The van der Waals surface area contributed by atoms with Gasteiger partial charge in [0, 0.05) is 24.0 Å². The van der Waals surface area contributed by atoms with E-state index in [4.69, 9.17) is 9.47 Å². The normalized spacial score (nSPS) is 13.7. The molecule has 1 saturated heterocycles. The number of rotatable bonds is 5. The van der Waals surface area contributed by atoms with Crippen LogP contribution in [-0.4, -0.2) is 60.2 Å². The van der Waals surface area contributed by atoms with Gasteiger partial charge in [-0.1, -0.05) is 57.2 Å². The fourth-order valence-electron chi connectivity index (χ4n) is 4.69. The van der Waals surface area contributed by atoms with Gasteiger partial charge in [-0.2, -0.15) is 0 Å². The summed E-state index contributed by atoms with van der Waals surface area (Å²) in [6, 6.07) is 16.9. The van der Waals surface area contributed by atoms with Crippen molar-refractivity contribution >= 4 is 34.1 Å². The van der Waals surface area contributed by atoms with Crippen molar-refractivity contribution in [1.82, 2.24) is 14.9 Å². The smallest absolute Gasteiger partial charge is 0.323 e. The summed E-state index contributed by atoms with van der Waals surface area (Å²) in [5.74, 6) is 0.430. The van der Waals surface area contributed by atoms with Crippen LogP contribution in [0.3, 0.4) is 0 Å². The number of morpholine rings is 1. The zero-order chi connectivity index (χ0) is 28.3. The Hall–Kier alpha value is -4.50. The van der Waals surface area contributed by atoms with E-state index in [1.807, 2.05) is 54.6 Å². The molecular weight excluding hydrogens is 506 g/mol. The molecule has 3 amide bonds. The fourth-order valence-corrected chi connectivity index (χ4v) is 4.69. The van der Waals surface area contributed by atoms with E-state index in [0.29, 0.717) is 54.8 Å². The van der Waals surface area contributed by atoms with E-state index in [9.17, 15) is 9.59 Å². The van der Waals surface area contributed by atoms with E-state index in [1.54, 1.807) is 18.2 Å². The van der Waals surface area contributed by atoms with E-state index in [1.165, 1.54) is 6.20 Å². The number of methoxy groups -OCH3 is 1. The van der Waals surface area contributed by atoms with Crippen LogP contribution in [0.2, 0.25) is 0 Å². The van der Waals surface area contributed by atoms with E-state index in [2.05, 4.69) is 41.4 Å². The molecule has 1 fully saturated rings. The van der Waals surface area contributed by atoms with Crippen molar-refractivity contribution in [2.45, 2.75) is 26.2 Å². The second-order valence-electron chi connectivity index (χ2n) is 10.6. The summed E-state index contributed by atoms with van der Waals surface area (Å²) >= 11 is 0. The summed E-state index contributed by atoms with van der Waals surface area (Å²) in [5, 5.41) is 7.66. The molecule has 206 valence electrons. The molecule has 2 N–H and O–H groups in total. The second kappa shape index (κ2) is 11.3. The third-order valence-corrected chi connectivity index (χ3v) is 6.93. The van der Waals surface area contributed by atoms with Gasteiger partial charge in [0.25, 0.3) is 5.91 Å². The number of anilines is 2. The van der Waals surface area contributed by atoms with Crippen LogP contribution in [0.1, 0.15) is 36.8 Å². The van der Waals surface area contributed by atoms with Gasteiger partial charge in [-0.15, -0.1) is 0 Å². The van der Waals surface area contributed by atoms with Gasteiger partial charge in [0.05, 0.1) is 49.8 Å². The molecule has 3 aromatic carbocycles. The van der Waals surface area contributed by atoms with Gasteiger partial charge in [-0.05, 0) is 34.6 Å². The highest BCUT2D eigenvalue weighted by atomic mass is 16.5. The minimum absolute atomic E-state index is 0.0812. The number of nitrogens with one attached hydrogen (secondary N) is 2. The third-order valence-electron chi connectivity index (χ3n) is 6.93. The number of aromatic nitrogens is 2. The Kier molecular flexibility index (Phi) is 7.66. The average molecular weight is 540 g/mol. The molecule has 1 aliphatic rings. The fraction of sp³-hybridized carbons (Fsp3) is 0.290. The highest BCUT2D eigenvalue weighted by Gasteiger charge is 2.21. The number of amides is 3. The largest absolute Gasteiger partial charge is 0.495 e. The lowest BCUT2D eigenvalue weighted by molar-refractivity contribution is 0.0298. The first-order valence-corrected chi connectivity index (χ1v) is 13.2. The van der Waals surface area contributed by atoms with Crippen molar-refractivity contribution in [2.75, 3.05) is 44.0 Å².